The van der Waals surface area contributed by atoms with E-state index in [9.17, 15) is 4.79 Å². The highest BCUT2D eigenvalue weighted by molar-refractivity contribution is 5.79. The molecule has 130 valence electrons. The van der Waals surface area contributed by atoms with Gasteiger partial charge in [-0.3, -0.25) is 4.79 Å². The topological polar surface area (TPSA) is 67.4 Å². The lowest BCUT2D eigenvalue weighted by atomic mass is 10.1. The second-order valence-corrected chi connectivity index (χ2v) is 5.94. The Kier molecular flexibility index (Phi) is 6.53. The summed E-state index contributed by atoms with van der Waals surface area (Å²) in [5.41, 5.74) is 1.94. The third-order valence-corrected chi connectivity index (χ3v) is 3.89. The molecule has 1 heterocycles. The number of hydrogen-bond donors (Lipinski definition) is 0. The molecule has 2 aromatic rings. The van der Waals surface area contributed by atoms with E-state index < -0.39 is 5.56 Å². The van der Waals surface area contributed by atoms with Gasteiger partial charge in [-0.25, -0.2) is 4.68 Å². The maximum Gasteiger partial charge on any atom is 0.289 e. The van der Waals surface area contributed by atoms with Gasteiger partial charge in [-0.1, -0.05) is 19.8 Å². The number of benzene rings is 1. The van der Waals surface area contributed by atoms with Gasteiger partial charge in [0.2, 0.25) is 0 Å². The van der Waals surface area contributed by atoms with Crippen LogP contribution in [0.25, 0.3) is 0 Å². The van der Waals surface area contributed by atoms with Crippen molar-refractivity contribution in [2.45, 2.75) is 40.0 Å². The smallest absolute Gasteiger partial charge is 0.289 e. The average molecular weight is 337 g/mol. The second-order valence-electron chi connectivity index (χ2n) is 5.94. The van der Waals surface area contributed by atoms with Crippen LogP contribution in [0.5, 0.6) is 5.75 Å². The fourth-order valence-corrected chi connectivity index (χ4v) is 2.48. The summed E-state index contributed by atoms with van der Waals surface area (Å²) in [5.74, 6) is 0.823. The number of aryl methyl sites for hydroxylation is 2. The van der Waals surface area contributed by atoms with Gasteiger partial charge in [-0.05, 0) is 61.7 Å². The van der Waals surface area contributed by atoms with Gasteiger partial charge in [0.15, 0.2) is 0 Å². The van der Waals surface area contributed by atoms with Gasteiger partial charge in [0.25, 0.3) is 5.56 Å². The molecule has 0 unspecified atom stereocenters. The molecule has 0 atom stereocenters. The first-order chi connectivity index (χ1) is 12.1. The van der Waals surface area contributed by atoms with Crippen LogP contribution < -0.4 is 10.3 Å². The number of unbranched alkanes of at least 4 members (excludes halogenated alkanes) is 2. The minimum absolute atomic E-state index is 0.124. The number of aromatic nitrogens is 1. The van der Waals surface area contributed by atoms with Crippen molar-refractivity contribution in [3.05, 3.63) is 63.1 Å². The summed E-state index contributed by atoms with van der Waals surface area (Å²) in [6.07, 6.45) is 4.99. The minimum Gasteiger partial charge on any atom is -0.494 e. The summed E-state index contributed by atoms with van der Waals surface area (Å²) in [7, 11) is 0. The Bertz CT molecular complexity index is 843. The molecule has 0 saturated heterocycles. The number of pyridine rings is 1. The van der Waals surface area contributed by atoms with Crippen molar-refractivity contribution in [1.82, 2.24) is 4.68 Å². The van der Waals surface area contributed by atoms with Gasteiger partial charge in [-0.2, -0.15) is 10.4 Å². The number of rotatable bonds is 7. The Hall–Kier alpha value is -2.87. The molecule has 25 heavy (non-hydrogen) atoms. The van der Waals surface area contributed by atoms with Crippen LogP contribution in [0.1, 0.15) is 48.6 Å². The van der Waals surface area contributed by atoms with E-state index in [2.05, 4.69) is 12.0 Å². The summed E-state index contributed by atoms with van der Waals surface area (Å²) in [6.45, 7) is 6.42. The Balaban J connectivity index is 2.13. The predicted molar refractivity (Wildman–Crippen MR) is 99.3 cm³/mol. The van der Waals surface area contributed by atoms with E-state index in [1.54, 1.807) is 26.1 Å². The van der Waals surface area contributed by atoms with Crippen LogP contribution in [0, 0.1) is 25.2 Å². The first-order valence-electron chi connectivity index (χ1n) is 8.47. The lowest BCUT2D eigenvalue weighted by molar-refractivity contribution is 0.306. The first-order valence-corrected chi connectivity index (χ1v) is 8.47. The molecule has 0 bridgehead atoms. The van der Waals surface area contributed by atoms with Crippen LogP contribution in [-0.4, -0.2) is 17.5 Å². The van der Waals surface area contributed by atoms with Gasteiger partial charge in [0.1, 0.15) is 17.4 Å². The van der Waals surface area contributed by atoms with Crippen LogP contribution in [0.4, 0.5) is 0 Å². The molecule has 0 N–H and O–H groups in total. The zero-order valence-electron chi connectivity index (χ0n) is 15.0. The van der Waals surface area contributed by atoms with E-state index in [4.69, 9.17) is 10.00 Å². The van der Waals surface area contributed by atoms with Gasteiger partial charge in [0.05, 0.1) is 12.8 Å². The Labute approximate surface area is 148 Å². The van der Waals surface area contributed by atoms with E-state index >= 15 is 0 Å². The highest BCUT2D eigenvalue weighted by atomic mass is 16.5. The average Bonchev–Trinajstić information content (AvgIpc) is 2.60. The van der Waals surface area contributed by atoms with Crippen LogP contribution in [0.3, 0.4) is 0 Å². The molecule has 0 aliphatic carbocycles. The largest absolute Gasteiger partial charge is 0.494 e. The molecule has 0 saturated carbocycles. The van der Waals surface area contributed by atoms with E-state index in [0.29, 0.717) is 11.3 Å². The maximum absolute atomic E-state index is 12.3. The van der Waals surface area contributed by atoms with Gasteiger partial charge in [0, 0.05) is 5.69 Å². The normalized spacial score (nSPS) is 10.8. The highest BCUT2D eigenvalue weighted by Crippen LogP contribution is 2.12. The fourth-order valence-electron chi connectivity index (χ4n) is 2.48. The molecule has 1 aromatic heterocycles. The number of nitrogens with zero attached hydrogens (tertiary/aromatic N) is 3. The molecular weight excluding hydrogens is 314 g/mol. The van der Waals surface area contributed by atoms with E-state index in [1.807, 2.05) is 30.3 Å². The Morgan fingerprint density at radius 2 is 1.96 bits per heavy atom. The molecule has 1 aromatic carbocycles. The van der Waals surface area contributed by atoms with Crippen LogP contribution in [0.2, 0.25) is 0 Å². The molecule has 2 rings (SSSR count). The van der Waals surface area contributed by atoms with Crippen molar-refractivity contribution < 1.29 is 4.74 Å². The Morgan fingerprint density at radius 1 is 1.24 bits per heavy atom. The van der Waals surface area contributed by atoms with Crippen LogP contribution >= 0.6 is 0 Å². The summed E-state index contributed by atoms with van der Waals surface area (Å²) in [5, 5.41) is 13.3. The molecular formula is C20H23N3O2. The molecule has 5 nitrogen and oxygen atoms in total. The van der Waals surface area contributed by atoms with E-state index in [0.717, 1.165) is 24.3 Å². The van der Waals surface area contributed by atoms with Crippen molar-refractivity contribution >= 4 is 6.21 Å². The zero-order valence-corrected chi connectivity index (χ0v) is 15.0. The third-order valence-electron chi connectivity index (χ3n) is 3.89. The second kappa shape index (κ2) is 8.84. The highest BCUT2D eigenvalue weighted by Gasteiger charge is 2.08. The van der Waals surface area contributed by atoms with Gasteiger partial charge < -0.3 is 4.74 Å². The maximum atomic E-state index is 12.3. The quantitative estimate of drug-likeness (QED) is 0.570. The number of ether oxygens (including phenoxy) is 1. The molecule has 0 aliphatic rings. The van der Waals surface area contributed by atoms with E-state index in [1.165, 1.54) is 17.5 Å². The Morgan fingerprint density at radius 3 is 2.60 bits per heavy atom. The van der Waals surface area contributed by atoms with Crippen molar-refractivity contribution in [2.24, 2.45) is 5.10 Å². The molecule has 0 spiro atoms. The van der Waals surface area contributed by atoms with Crippen molar-refractivity contribution in [3.8, 4) is 11.8 Å². The predicted octanol–water partition coefficient (Wildman–Crippen LogP) is 3.79. The lowest BCUT2D eigenvalue weighted by Gasteiger charge is -2.07. The molecule has 0 amide bonds. The molecule has 0 fully saturated rings. The summed E-state index contributed by atoms with van der Waals surface area (Å²) in [4.78, 5) is 12.3. The van der Waals surface area contributed by atoms with Crippen molar-refractivity contribution in [1.29, 1.82) is 5.26 Å². The van der Waals surface area contributed by atoms with Gasteiger partial charge in [-0.15, -0.1) is 0 Å². The monoisotopic (exact) mass is 337 g/mol. The summed E-state index contributed by atoms with van der Waals surface area (Å²) in [6, 6.07) is 11.3. The molecule has 0 radical (unpaired) electrons. The van der Waals surface area contributed by atoms with Crippen LogP contribution in [0.15, 0.2) is 40.2 Å². The third kappa shape index (κ3) is 4.80. The lowest BCUT2D eigenvalue weighted by Crippen LogP contribution is -2.22. The molecule has 5 heteroatoms. The summed E-state index contributed by atoms with van der Waals surface area (Å²) < 4.78 is 6.92. The van der Waals surface area contributed by atoms with Crippen molar-refractivity contribution in [3.63, 3.8) is 0 Å². The number of nitriles is 1. The fraction of sp³-hybridized carbons (Fsp3) is 0.350. The summed E-state index contributed by atoms with van der Waals surface area (Å²) >= 11 is 0. The standard InChI is InChI=1S/C20H23N3O2/c1-4-5-6-11-25-18-9-7-17(8-10-18)14-22-23-16(3)12-15(2)19(13-21)20(23)24/h7-10,12,14H,4-6,11H2,1-3H3/b22-14-. The first kappa shape index (κ1) is 18.5. The van der Waals surface area contributed by atoms with Crippen LogP contribution in [-0.2, 0) is 0 Å². The zero-order chi connectivity index (χ0) is 18.2. The molecule has 0 aliphatic heterocycles. The van der Waals surface area contributed by atoms with E-state index in [-0.39, 0.29) is 5.56 Å². The van der Waals surface area contributed by atoms with Crippen molar-refractivity contribution in [2.75, 3.05) is 6.61 Å². The number of hydrogen-bond acceptors (Lipinski definition) is 4. The SMILES string of the molecule is CCCCCOc1ccc(/C=N\n2c(C)cc(C)c(C#N)c2=O)cc1. The van der Waals surface area contributed by atoms with Gasteiger partial charge >= 0.3 is 0 Å². The minimum atomic E-state index is -0.396.